The number of hydrogen-bond acceptors (Lipinski definition) is 4. The van der Waals surface area contributed by atoms with Gasteiger partial charge in [0.1, 0.15) is 6.10 Å². The van der Waals surface area contributed by atoms with Gasteiger partial charge < -0.3 is 20.3 Å². The minimum Gasteiger partial charge on any atom is -0.474 e. The second kappa shape index (κ2) is 9.63. The van der Waals surface area contributed by atoms with Crippen LogP contribution in [0.15, 0.2) is 53.7 Å². The van der Waals surface area contributed by atoms with Crippen molar-refractivity contribution in [2.75, 3.05) is 25.0 Å². The minimum absolute atomic E-state index is 0.309. The second-order valence-electron chi connectivity index (χ2n) is 7.83. The quantitative estimate of drug-likeness (QED) is 0.582. The molecule has 1 aromatic carbocycles. The lowest BCUT2D eigenvalue weighted by Crippen LogP contribution is -2.44. The van der Waals surface area contributed by atoms with Gasteiger partial charge in [-0.05, 0) is 50.3 Å². The molecule has 2 N–H and O–H groups in total. The molecule has 1 saturated heterocycles. The van der Waals surface area contributed by atoms with Crippen LogP contribution in [0.2, 0.25) is 0 Å². The van der Waals surface area contributed by atoms with Crippen molar-refractivity contribution in [3.05, 3.63) is 54.2 Å². The summed E-state index contributed by atoms with van der Waals surface area (Å²) < 4.78 is 6.15. The first kappa shape index (κ1) is 19.6. The van der Waals surface area contributed by atoms with Crippen LogP contribution in [-0.2, 0) is 6.54 Å². The van der Waals surface area contributed by atoms with E-state index < -0.39 is 0 Å². The average Bonchev–Trinajstić information content (AvgIpc) is 3.45. The van der Waals surface area contributed by atoms with Crippen molar-refractivity contribution in [3.8, 4) is 5.88 Å². The molecule has 2 aliphatic rings. The Kier molecular flexibility index (Phi) is 6.49. The van der Waals surface area contributed by atoms with Crippen molar-refractivity contribution in [1.82, 2.24) is 15.6 Å². The lowest BCUT2D eigenvalue weighted by Gasteiger charge is -2.21. The summed E-state index contributed by atoms with van der Waals surface area (Å²) >= 11 is 0. The molecule has 1 aromatic heterocycles. The fourth-order valence-corrected chi connectivity index (χ4v) is 4.15. The number of rotatable bonds is 6. The summed E-state index contributed by atoms with van der Waals surface area (Å²) in [6.45, 7) is 2.68. The predicted molar refractivity (Wildman–Crippen MR) is 118 cm³/mol. The summed E-state index contributed by atoms with van der Waals surface area (Å²) in [4.78, 5) is 11.3. The van der Waals surface area contributed by atoms with Crippen molar-refractivity contribution in [3.63, 3.8) is 0 Å². The van der Waals surface area contributed by atoms with Crippen LogP contribution in [0.25, 0.3) is 0 Å². The molecule has 1 aliphatic heterocycles. The van der Waals surface area contributed by atoms with Gasteiger partial charge in [-0.2, -0.15) is 0 Å². The van der Waals surface area contributed by atoms with Gasteiger partial charge in [-0.15, -0.1) is 0 Å². The van der Waals surface area contributed by atoms with Gasteiger partial charge in [-0.1, -0.05) is 24.3 Å². The number of ether oxygens (including phenoxy) is 1. The molecule has 0 radical (unpaired) electrons. The van der Waals surface area contributed by atoms with Gasteiger partial charge in [0.25, 0.3) is 0 Å². The van der Waals surface area contributed by atoms with Crippen LogP contribution < -0.4 is 20.3 Å². The van der Waals surface area contributed by atoms with Crippen LogP contribution in [0.3, 0.4) is 0 Å². The first-order valence-corrected chi connectivity index (χ1v) is 10.7. The molecule has 4 rings (SSSR count). The number of nitrogens with one attached hydrogen (secondary N) is 2. The lowest BCUT2D eigenvalue weighted by molar-refractivity contribution is 0.199. The molecule has 6 nitrogen and oxygen atoms in total. The lowest BCUT2D eigenvalue weighted by atomic mass is 10.2. The molecular weight excluding hydrogens is 362 g/mol. The fraction of sp³-hybridized carbons (Fsp3) is 0.478. The normalized spacial score (nSPS) is 20.1. The van der Waals surface area contributed by atoms with Crippen molar-refractivity contribution in [2.24, 2.45) is 4.99 Å². The number of anilines is 1. The number of aromatic nitrogens is 1. The highest BCUT2D eigenvalue weighted by Gasteiger charge is 2.23. The Labute approximate surface area is 173 Å². The molecule has 1 unspecified atom stereocenters. The highest BCUT2D eigenvalue weighted by molar-refractivity contribution is 5.80. The number of hydrogen-bond donors (Lipinski definition) is 2. The second-order valence-corrected chi connectivity index (χ2v) is 7.83. The zero-order valence-electron chi connectivity index (χ0n) is 17.2. The number of pyridine rings is 1. The van der Waals surface area contributed by atoms with Gasteiger partial charge in [0.15, 0.2) is 5.96 Å². The molecule has 0 spiro atoms. The third-order valence-corrected chi connectivity index (χ3v) is 5.75. The number of nitrogens with zero attached hydrogens (tertiary/aromatic N) is 3. The first-order chi connectivity index (χ1) is 14.3. The van der Waals surface area contributed by atoms with E-state index in [0.29, 0.717) is 18.7 Å². The molecule has 2 fully saturated rings. The molecule has 6 heteroatoms. The number of aliphatic imine (C=N–C) groups is 1. The Morgan fingerprint density at radius 2 is 1.97 bits per heavy atom. The zero-order valence-corrected chi connectivity index (χ0v) is 17.2. The van der Waals surface area contributed by atoms with E-state index in [1.165, 1.54) is 18.5 Å². The maximum Gasteiger partial charge on any atom is 0.218 e. The van der Waals surface area contributed by atoms with E-state index in [1.807, 2.05) is 13.1 Å². The summed E-state index contributed by atoms with van der Waals surface area (Å²) in [6, 6.07) is 15.0. The molecule has 0 amide bonds. The molecule has 1 atom stereocenters. The molecule has 29 heavy (non-hydrogen) atoms. The van der Waals surface area contributed by atoms with E-state index in [-0.39, 0.29) is 0 Å². The molecule has 2 aromatic rings. The van der Waals surface area contributed by atoms with Crippen LogP contribution in [0.5, 0.6) is 5.88 Å². The third kappa shape index (κ3) is 5.19. The van der Waals surface area contributed by atoms with Gasteiger partial charge in [-0.25, -0.2) is 4.98 Å². The summed E-state index contributed by atoms with van der Waals surface area (Å²) in [6.07, 6.45) is 7.98. The molecule has 0 bridgehead atoms. The first-order valence-electron chi connectivity index (χ1n) is 10.7. The molecule has 154 valence electrons. The Balaban J connectivity index is 1.30. The maximum atomic E-state index is 6.15. The van der Waals surface area contributed by atoms with Crippen molar-refractivity contribution in [2.45, 2.75) is 50.8 Å². The van der Waals surface area contributed by atoms with E-state index in [2.05, 4.69) is 61.9 Å². The van der Waals surface area contributed by atoms with Gasteiger partial charge in [0, 0.05) is 50.2 Å². The van der Waals surface area contributed by atoms with Crippen LogP contribution in [0, 0.1) is 0 Å². The third-order valence-electron chi connectivity index (χ3n) is 5.75. The number of benzene rings is 1. The molecule has 1 aliphatic carbocycles. The maximum absolute atomic E-state index is 6.15. The number of para-hydroxylation sites is 1. The van der Waals surface area contributed by atoms with E-state index in [4.69, 9.17) is 4.74 Å². The standard InChI is InChI=1S/C23H31N5O/c1-24-23(27-19-13-15-28(17-19)20-9-3-2-4-10-20)26-16-18-8-7-14-25-22(18)29-21-11-5-6-12-21/h2-4,7-10,14,19,21H,5-6,11-13,15-17H2,1H3,(H2,24,26,27). The number of guanidine groups is 1. The Morgan fingerprint density at radius 3 is 2.76 bits per heavy atom. The minimum atomic E-state index is 0.309. The van der Waals surface area contributed by atoms with E-state index in [1.54, 1.807) is 6.20 Å². The smallest absolute Gasteiger partial charge is 0.218 e. The SMILES string of the molecule is CN=C(NCc1cccnc1OC1CCCC1)NC1CCN(c2ccccc2)C1. The summed E-state index contributed by atoms with van der Waals surface area (Å²) in [5.41, 5.74) is 2.35. The van der Waals surface area contributed by atoms with Crippen LogP contribution >= 0.6 is 0 Å². The van der Waals surface area contributed by atoms with E-state index >= 15 is 0 Å². The van der Waals surface area contributed by atoms with Crippen molar-refractivity contribution >= 4 is 11.6 Å². The van der Waals surface area contributed by atoms with Crippen LogP contribution in [-0.4, -0.2) is 43.2 Å². The Hall–Kier alpha value is -2.76. The van der Waals surface area contributed by atoms with E-state index in [9.17, 15) is 0 Å². The van der Waals surface area contributed by atoms with Gasteiger partial charge in [-0.3, -0.25) is 4.99 Å². The molecule has 2 heterocycles. The summed E-state index contributed by atoms with van der Waals surface area (Å²) in [5.74, 6) is 1.57. The van der Waals surface area contributed by atoms with Crippen LogP contribution in [0.1, 0.15) is 37.7 Å². The van der Waals surface area contributed by atoms with Gasteiger partial charge >= 0.3 is 0 Å². The highest BCUT2D eigenvalue weighted by atomic mass is 16.5. The van der Waals surface area contributed by atoms with E-state index in [0.717, 1.165) is 49.8 Å². The fourth-order valence-electron chi connectivity index (χ4n) is 4.15. The average molecular weight is 394 g/mol. The van der Waals surface area contributed by atoms with Gasteiger partial charge in [0.2, 0.25) is 5.88 Å². The Morgan fingerprint density at radius 1 is 1.14 bits per heavy atom. The zero-order chi connectivity index (χ0) is 19.9. The predicted octanol–water partition coefficient (Wildman–Crippen LogP) is 3.35. The topological polar surface area (TPSA) is 61.8 Å². The highest BCUT2D eigenvalue weighted by Crippen LogP contribution is 2.25. The molecular formula is C23H31N5O. The summed E-state index contributed by atoms with van der Waals surface area (Å²) in [7, 11) is 1.82. The monoisotopic (exact) mass is 393 g/mol. The van der Waals surface area contributed by atoms with Crippen molar-refractivity contribution < 1.29 is 4.74 Å². The van der Waals surface area contributed by atoms with Gasteiger partial charge in [0.05, 0.1) is 0 Å². The summed E-state index contributed by atoms with van der Waals surface area (Å²) in [5, 5.41) is 7.00. The van der Waals surface area contributed by atoms with Crippen LogP contribution in [0.4, 0.5) is 5.69 Å². The largest absolute Gasteiger partial charge is 0.474 e. The van der Waals surface area contributed by atoms with Crippen molar-refractivity contribution in [1.29, 1.82) is 0 Å². The molecule has 1 saturated carbocycles. The Bertz CT molecular complexity index is 804.